The second-order valence-electron chi connectivity index (χ2n) is 11.7. The fourth-order valence-corrected chi connectivity index (χ4v) is 5.20. The third-order valence-corrected chi connectivity index (χ3v) is 8.06. The van der Waals surface area contributed by atoms with Crippen LogP contribution in [-0.4, -0.2) is 63.3 Å². The van der Waals surface area contributed by atoms with Crippen LogP contribution >= 0.6 is 0 Å². The van der Waals surface area contributed by atoms with E-state index in [0.29, 0.717) is 61.4 Å². The average molecular weight is 732 g/mol. The van der Waals surface area contributed by atoms with Crippen LogP contribution in [-0.2, 0) is 47.9 Å². The van der Waals surface area contributed by atoms with Crippen molar-refractivity contribution in [3.63, 3.8) is 0 Å². The molecule has 0 atom stereocenters. The molecule has 0 saturated heterocycles. The van der Waals surface area contributed by atoms with Crippen LogP contribution in [0.25, 0.3) is 22.9 Å². The molecule has 12 nitrogen and oxygen atoms in total. The van der Waals surface area contributed by atoms with Gasteiger partial charge < -0.3 is 23.1 Å². The Morgan fingerprint density at radius 1 is 0.769 bits per heavy atom. The summed E-state index contributed by atoms with van der Waals surface area (Å²) >= 11 is 0. The van der Waals surface area contributed by atoms with Crippen LogP contribution < -0.4 is 4.74 Å². The predicted molar refractivity (Wildman–Crippen MR) is 198 cm³/mol. The molecular formula is C39H45N3O9S. The molecule has 0 aliphatic carbocycles. The van der Waals surface area contributed by atoms with Crippen LogP contribution in [0.2, 0.25) is 0 Å². The van der Waals surface area contributed by atoms with Crippen molar-refractivity contribution in [1.82, 2.24) is 9.97 Å². The van der Waals surface area contributed by atoms with Crippen molar-refractivity contribution in [2.75, 3.05) is 33.2 Å². The molecule has 3 aromatic carbocycles. The zero-order chi connectivity index (χ0) is 37.3. The van der Waals surface area contributed by atoms with Crippen LogP contribution in [0.5, 0.6) is 5.75 Å². The summed E-state index contributed by atoms with van der Waals surface area (Å²) in [6.07, 6.45) is 3.52. The van der Waals surface area contributed by atoms with Crippen LogP contribution in [0.1, 0.15) is 48.2 Å². The van der Waals surface area contributed by atoms with Gasteiger partial charge in [0.25, 0.3) is 10.1 Å². The number of esters is 1. The highest BCUT2D eigenvalue weighted by Gasteiger charge is 2.14. The number of methoxy groups -OCH3 is 1. The molecule has 13 heteroatoms. The maximum atomic E-state index is 11.7. The number of hydrogen-bond acceptors (Lipinski definition) is 12. The SMILES string of the molecule is CCCO/N=C(/CC(=O)OC)Cc1ccc(OCCc2nc(-c3ccccc3)oc2C)cc1.Cc1oc(-c2ccccc2)nc1CCOS(C)(=O)=O. The van der Waals surface area contributed by atoms with Crippen molar-refractivity contribution in [3.05, 3.63) is 113 Å². The van der Waals surface area contributed by atoms with Gasteiger partial charge in [-0.25, -0.2) is 9.97 Å². The molecule has 52 heavy (non-hydrogen) atoms. The lowest BCUT2D eigenvalue weighted by molar-refractivity contribution is -0.139. The summed E-state index contributed by atoms with van der Waals surface area (Å²) in [6, 6.07) is 27.1. The zero-order valence-electron chi connectivity index (χ0n) is 30.2. The van der Waals surface area contributed by atoms with Gasteiger partial charge in [-0.15, -0.1) is 0 Å². The number of hydrogen-bond donors (Lipinski definition) is 0. The number of nitrogens with zero attached hydrogens (tertiary/aromatic N) is 3. The van der Waals surface area contributed by atoms with Crippen molar-refractivity contribution in [2.24, 2.45) is 5.16 Å². The van der Waals surface area contributed by atoms with Crippen molar-refractivity contribution in [1.29, 1.82) is 0 Å². The molecule has 5 aromatic rings. The number of oxazole rings is 2. The van der Waals surface area contributed by atoms with Gasteiger partial charge in [0, 0.05) is 30.4 Å². The molecule has 0 N–H and O–H groups in total. The molecule has 0 radical (unpaired) electrons. The van der Waals surface area contributed by atoms with Gasteiger partial charge >= 0.3 is 5.97 Å². The third-order valence-electron chi connectivity index (χ3n) is 7.47. The first-order chi connectivity index (χ1) is 25.0. The highest BCUT2D eigenvalue weighted by molar-refractivity contribution is 7.85. The highest BCUT2D eigenvalue weighted by Crippen LogP contribution is 2.23. The minimum Gasteiger partial charge on any atom is -0.493 e. The quantitative estimate of drug-likeness (QED) is 0.0311. The van der Waals surface area contributed by atoms with E-state index in [0.717, 1.165) is 46.6 Å². The molecule has 0 aliphatic rings. The topological polar surface area (TPSA) is 153 Å². The van der Waals surface area contributed by atoms with E-state index >= 15 is 0 Å². The summed E-state index contributed by atoms with van der Waals surface area (Å²) in [5, 5.41) is 4.10. The Labute approximate surface area is 304 Å². The molecule has 0 aliphatic heterocycles. The van der Waals surface area contributed by atoms with Crippen LogP contribution in [0, 0.1) is 13.8 Å². The summed E-state index contributed by atoms with van der Waals surface area (Å²) in [4.78, 5) is 25.9. The number of rotatable bonds is 17. The van der Waals surface area contributed by atoms with Crippen LogP contribution in [0.4, 0.5) is 0 Å². The Balaban J connectivity index is 0.000000269. The second-order valence-corrected chi connectivity index (χ2v) is 13.4. The monoisotopic (exact) mass is 731 g/mol. The molecule has 2 aromatic heterocycles. The van der Waals surface area contributed by atoms with Gasteiger partial charge in [-0.2, -0.15) is 8.42 Å². The average Bonchev–Trinajstić information content (AvgIpc) is 3.70. The summed E-state index contributed by atoms with van der Waals surface area (Å²) in [5.41, 5.74) is 5.08. The van der Waals surface area contributed by atoms with Gasteiger partial charge in [0.1, 0.15) is 23.9 Å². The van der Waals surface area contributed by atoms with Crippen LogP contribution in [0.3, 0.4) is 0 Å². The molecule has 0 unspecified atom stereocenters. The van der Waals surface area contributed by atoms with E-state index in [4.69, 9.17) is 27.3 Å². The Morgan fingerprint density at radius 3 is 1.81 bits per heavy atom. The molecule has 276 valence electrons. The fraction of sp³-hybridized carbons (Fsp3) is 0.333. The molecule has 0 amide bonds. The molecule has 2 heterocycles. The van der Waals surface area contributed by atoms with Gasteiger partial charge in [0.05, 0.1) is 50.1 Å². The molecule has 0 bridgehead atoms. The smallest absolute Gasteiger partial charge is 0.311 e. The van der Waals surface area contributed by atoms with Crippen molar-refractivity contribution < 1.29 is 40.5 Å². The van der Waals surface area contributed by atoms with Gasteiger partial charge in [0.2, 0.25) is 11.8 Å². The van der Waals surface area contributed by atoms with Gasteiger partial charge in [0.15, 0.2) is 0 Å². The number of aryl methyl sites for hydroxylation is 2. The van der Waals surface area contributed by atoms with E-state index in [9.17, 15) is 13.2 Å². The largest absolute Gasteiger partial charge is 0.493 e. The normalized spacial score (nSPS) is 11.4. The van der Waals surface area contributed by atoms with E-state index in [1.54, 1.807) is 6.92 Å². The van der Waals surface area contributed by atoms with Gasteiger partial charge in [-0.05, 0) is 62.2 Å². The summed E-state index contributed by atoms with van der Waals surface area (Å²) in [7, 11) is -2.05. The number of carbonyl (C=O) groups excluding carboxylic acids is 1. The summed E-state index contributed by atoms with van der Waals surface area (Å²) < 4.78 is 48.4. The number of benzene rings is 3. The first-order valence-corrected chi connectivity index (χ1v) is 18.7. The number of ether oxygens (including phenoxy) is 2. The fourth-order valence-electron chi connectivity index (χ4n) is 4.82. The maximum Gasteiger partial charge on any atom is 0.311 e. The van der Waals surface area contributed by atoms with E-state index in [2.05, 4.69) is 15.1 Å². The zero-order valence-corrected chi connectivity index (χ0v) is 31.0. The van der Waals surface area contributed by atoms with Gasteiger partial charge in [-0.3, -0.25) is 8.98 Å². The molecule has 0 saturated carbocycles. The Hall–Kier alpha value is -5.27. The Bertz CT molecular complexity index is 1970. The Kier molecular flexibility index (Phi) is 15.2. The molecule has 0 fully saturated rings. The minimum atomic E-state index is -3.41. The van der Waals surface area contributed by atoms with E-state index < -0.39 is 10.1 Å². The lowest BCUT2D eigenvalue weighted by Gasteiger charge is -2.08. The van der Waals surface area contributed by atoms with Gasteiger partial charge in [-0.1, -0.05) is 60.6 Å². The van der Waals surface area contributed by atoms with E-state index in [1.165, 1.54) is 7.11 Å². The van der Waals surface area contributed by atoms with E-state index in [1.807, 2.05) is 98.8 Å². The Morgan fingerprint density at radius 2 is 1.31 bits per heavy atom. The summed E-state index contributed by atoms with van der Waals surface area (Å²) in [5.74, 6) is 3.06. The first-order valence-electron chi connectivity index (χ1n) is 16.9. The highest BCUT2D eigenvalue weighted by atomic mass is 32.2. The number of carbonyl (C=O) groups is 1. The third kappa shape index (κ3) is 13.1. The lowest BCUT2D eigenvalue weighted by atomic mass is 10.1. The molecule has 0 spiro atoms. The standard InChI is InChI=1S/C26H30N2O5.C13H15NO4S/c1-4-15-32-28-22(18-25(29)30-3)17-20-10-12-23(13-11-20)31-16-14-24-19(2)33-26(27-24)21-8-6-5-7-9-21;1-10-12(8-9-17-19(2,15)16)14-13(18-10)11-6-4-3-5-7-11/h5-13H,4,14-18H2,1-3H3;3-7H,8-9H2,1-2H3/b28-22+;. The number of oxime groups is 1. The first kappa shape index (κ1) is 39.5. The lowest BCUT2D eigenvalue weighted by Crippen LogP contribution is -2.13. The summed E-state index contributed by atoms with van der Waals surface area (Å²) in [6.45, 7) is 6.79. The second kappa shape index (κ2) is 19.9. The van der Waals surface area contributed by atoms with Crippen molar-refractivity contribution in [3.8, 4) is 28.7 Å². The number of aromatic nitrogens is 2. The predicted octanol–water partition coefficient (Wildman–Crippen LogP) is 7.33. The maximum absolute atomic E-state index is 11.7. The molecular weight excluding hydrogens is 687 g/mol. The molecule has 5 rings (SSSR count). The minimum absolute atomic E-state index is 0.0699. The van der Waals surface area contributed by atoms with Crippen LogP contribution in [0.15, 0.2) is 98.9 Å². The van der Waals surface area contributed by atoms with Crippen molar-refractivity contribution >= 4 is 21.8 Å². The van der Waals surface area contributed by atoms with Crippen molar-refractivity contribution in [2.45, 2.75) is 52.9 Å². The van der Waals surface area contributed by atoms with E-state index in [-0.39, 0.29) is 19.0 Å².